The molecule has 0 aliphatic heterocycles. The Balaban J connectivity index is 2.98. The molecule has 0 nitrogen and oxygen atoms in total. The first-order valence-corrected chi connectivity index (χ1v) is 6.86. The first-order valence-electron chi connectivity index (χ1n) is 6.86. The molecule has 0 heterocycles. The number of hydrogen-bond donors (Lipinski definition) is 0. The Morgan fingerprint density at radius 1 is 1.05 bits per heavy atom. The molecule has 0 heteroatoms. The summed E-state index contributed by atoms with van der Waals surface area (Å²) in [5, 5.41) is 0. The van der Waals surface area contributed by atoms with E-state index in [1.807, 2.05) is 13.0 Å². The predicted octanol–water partition coefficient (Wildman–Crippen LogP) is 6.04. The molecule has 0 aliphatic carbocycles. The highest BCUT2D eigenvalue weighted by Gasteiger charge is 1.99. The van der Waals surface area contributed by atoms with Gasteiger partial charge in [-0.3, -0.25) is 0 Å². The number of rotatable bonds is 5. The number of benzene rings is 1. The van der Waals surface area contributed by atoms with Crippen LogP contribution in [0.4, 0.5) is 0 Å². The molecule has 0 saturated heterocycles. The summed E-state index contributed by atoms with van der Waals surface area (Å²) in [7, 11) is 0. The minimum atomic E-state index is 1.07. The van der Waals surface area contributed by atoms with E-state index in [-0.39, 0.29) is 0 Å². The lowest BCUT2D eigenvalue weighted by Gasteiger charge is -2.06. The summed E-state index contributed by atoms with van der Waals surface area (Å²) in [6.07, 6.45) is 9.63. The van der Waals surface area contributed by atoms with Crippen LogP contribution in [0.5, 0.6) is 0 Å². The van der Waals surface area contributed by atoms with Crippen LogP contribution in [-0.2, 0) is 0 Å². The maximum absolute atomic E-state index is 3.89. The Labute approximate surface area is 117 Å². The third kappa shape index (κ3) is 4.75. The Morgan fingerprint density at radius 3 is 2.11 bits per heavy atom. The summed E-state index contributed by atoms with van der Waals surface area (Å²) in [4.78, 5) is 0. The molecule has 0 fully saturated rings. The van der Waals surface area contributed by atoms with Gasteiger partial charge in [-0.05, 0) is 49.5 Å². The molecular weight excluding hydrogens is 228 g/mol. The van der Waals surface area contributed by atoms with Crippen LogP contribution in [0.3, 0.4) is 0 Å². The van der Waals surface area contributed by atoms with Gasteiger partial charge in [-0.1, -0.05) is 67.6 Å². The summed E-state index contributed by atoms with van der Waals surface area (Å²) in [5.41, 5.74) is 6.18. The SMILES string of the molecule is C=C(C)/C=C\C(=C/C)c1ccc(/C(C)=C/CC)cc1. The van der Waals surface area contributed by atoms with Crippen molar-refractivity contribution in [1.29, 1.82) is 0 Å². The smallest absolute Gasteiger partial charge is 0.0187 e. The Bertz CT molecular complexity index is 507. The fraction of sp³-hybridized carbons (Fsp3) is 0.263. The third-order valence-electron chi connectivity index (χ3n) is 3.04. The summed E-state index contributed by atoms with van der Waals surface area (Å²) < 4.78 is 0. The van der Waals surface area contributed by atoms with E-state index in [2.05, 4.69) is 69.8 Å². The molecule has 0 amide bonds. The molecule has 1 aromatic carbocycles. The molecule has 0 aliphatic rings. The zero-order valence-electron chi connectivity index (χ0n) is 12.5. The molecule has 1 rings (SSSR count). The normalized spacial score (nSPS) is 13.1. The van der Waals surface area contributed by atoms with Crippen molar-refractivity contribution in [3.8, 4) is 0 Å². The predicted molar refractivity (Wildman–Crippen MR) is 88.0 cm³/mol. The van der Waals surface area contributed by atoms with Crippen molar-refractivity contribution in [3.05, 3.63) is 71.8 Å². The van der Waals surface area contributed by atoms with Crippen molar-refractivity contribution < 1.29 is 0 Å². The summed E-state index contributed by atoms with van der Waals surface area (Å²) in [6, 6.07) is 8.74. The van der Waals surface area contributed by atoms with E-state index in [0.29, 0.717) is 0 Å². The van der Waals surface area contributed by atoms with Gasteiger partial charge >= 0.3 is 0 Å². The third-order valence-corrected chi connectivity index (χ3v) is 3.04. The minimum Gasteiger partial charge on any atom is -0.0961 e. The van der Waals surface area contributed by atoms with E-state index in [0.717, 1.165) is 12.0 Å². The van der Waals surface area contributed by atoms with Crippen molar-refractivity contribution in [1.82, 2.24) is 0 Å². The first kappa shape index (κ1) is 15.2. The van der Waals surface area contributed by atoms with Crippen LogP contribution in [-0.4, -0.2) is 0 Å². The molecule has 19 heavy (non-hydrogen) atoms. The van der Waals surface area contributed by atoms with Crippen molar-refractivity contribution in [2.75, 3.05) is 0 Å². The molecule has 0 radical (unpaired) electrons. The van der Waals surface area contributed by atoms with Crippen molar-refractivity contribution in [2.24, 2.45) is 0 Å². The molecule has 0 atom stereocenters. The van der Waals surface area contributed by atoms with E-state index in [1.54, 1.807) is 0 Å². The summed E-state index contributed by atoms with van der Waals surface area (Å²) in [5.74, 6) is 0. The largest absolute Gasteiger partial charge is 0.0961 e. The van der Waals surface area contributed by atoms with E-state index in [4.69, 9.17) is 0 Å². The zero-order chi connectivity index (χ0) is 14.3. The van der Waals surface area contributed by atoms with Gasteiger partial charge in [-0.15, -0.1) is 0 Å². The van der Waals surface area contributed by atoms with Gasteiger partial charge in [0.05, 0.1) is 0 Å². The summed E-state index contributed by atoms with van der Waals surface area (Å²) >= 11 is 0. The average molecular weight is 252 g/mol. The van der Waals surface area contributed by atoms with E-state index < -0.39 is 0 Å². The van der Waals surface area contributed by atoms with Crippen LogP contribution < -0.4 is 0 Å². The second-order valence-electron chi connectivity index (χ2n) is 4.80. The first-order chi connectivity index (χ1) is 9.08. The quantitative estimate of drug-likeness (QED) is 0.561. The molecule has 100 valence electrons. The Kier molecular flexibility index (Phi) is 6.08. The molecule has 0 N–H and O–H groups in total. The summed E-state index contributed by atoms with van der Waals surface area (Å²) in [6.45, 7) is 12.3. The van der Waals surface area contributed by atoms with Crippen LogP contribution in [0.25, 0.3) is 11.1 Å². The Hall–Kier alpha value is -1.82. The van der Waals surface area contributed by atoms with Gasteiger partial charge in [0.1, 0.15) is 0 Å². The van der Waals surface area contributed by atoms with Crippen molar-refractivity contribution >= 4 is 11.1 Å². The maximum atomic E-state index is 3.89. The van der Waals surface area contributed by atoms with Crippen LogP contribution in [0.1, 0.15) is 45.2 Å². The van der Waals surface area contributed by atoms with Gasteiger partial charge in [-0.25, -0.2) is 0 Å². The highest BCUT2D eigenvalue weighted by molar-refractivity contribution is 5.75. The zero-order valence-corrected chi connectivity index (χ0v) is 12.5. The standard InChI is InChI=1S/C19H24/c1-6-8-16(5)18-11-13-19(14-12-18)17(7-2)10-9-15(3)4/h7-14H,3,6H2,1-2,4-5H3/b10-9-,16-8+,17-7+. The maximum Gasteiger partial charge on any atom is -0.0187 e. The van der Waals surface area contributed by atoms with Gasteiger partial charge in [0.25, 0.3) is 0 Å². The fourth-order valence-corrected chi connectivity index (χ4v) is 1.94. The van der Waals surface area contributed by atoms with Gasteiger partial charge in [0.2, 0.25) is 0 Å². The average Bonchev–Trinajstić information content (AvgIpc) is 2.40. The van der Waals surface area contributed by atoms with E-state index >= 15 is 0 Å². The lowest BCUT2D eigenvalue weighted by Crippen LogP contribution is -1.84. The van der Waals surface area contributed by atoms with Gasteiger partial charge in [0.15, 0.2) is 0 Å². The molecular formula is C19H24. The van der Waals surface area contributed by atoms with Crippen molar-refractivity contribution in [3.63, 3.8) is 0 Å². The number of hydrogen-bond acceptors (Lipinski definition) is 0. The topological polar surface area (TPSA) is 0 Å². The highest BCUT2D eigenvalue weighted by Crippen LogP contribution is 2.20. The van der Waals surface area contributed by atoms with E-state index in [1.165, 1.54) is 22.3 Å². The Morgan fingerprint density at radius 2 is 1.63 bits per heavy atom. The fourth-order valence-electron chi connectivity index (χ4n) is 1.94. The molecule has 0 spiro atoms. The second kappa shape index (κ2) is 7.58. The van der Waals surface area contributed by atoms with Gasteiger partial charge < -0.3 is 0 Å². The lowest BCUT2D eigenvalue weighted by atomic mass is 10.00. The second-order valence-corrected chi connectivity index (χ2v) is 4.80. The van der Waals surface area contributed by atoms with Crippen LogP contribution in [0.15, 0.2) is 60.7 Å². The molecule has 0 saturated carbocycles. The lowest BCUT2D eigenvalue weighted by molar-refractivity contribution is 1.22. The van der Waals surface area contributed by atoms with Gasteiger partial charge in [-0.2, -0.15) is 0 Å². The van der Waals surface area contributed by atoms with E-state index in [9.17, 15) is 0 Å². The molecule has 0 bridgehead atoms. The van der Waals surface area contributed by atoms with Crippen LogP contribution in [0.2, 0.25) is 0 Å². The minimum absolute atomic E-state index is 1.07. The number of allylic oxidation sites excluding steroid dienone is 7. The molecule has 0 aromatic heterocycles. The van der Waals surface area contributed by atoms with Crippen molar-refractivity contribution in [2.45, 2.75) is 34.1 Å². The monoisotopic (exact) mass is 252 g/mol. The molecule has 1 aromatic rings. The van der Waals surface area contributed by atoms with Crippen LogP contribution >= 0.6 is 0 Å². The van der Waals surface area contributed by atoms with Gasteiger partial charge in [0, 0.05) is 0 Å². The molecule has 0 unspecified atom stereocenters. The highest BCUT2D eigenvalue weighted by atomic mass is 14.0. The van der Waals surface area contributed by atoms with Crippen LogP contribution in [0, 0.1) is 0 Å².